The molecule has 110 valence electrons. The summed E-state index contributed by atoms with van der Waals surface area (Å²) < 4.78 is 5.31. The van der Waals surface area contributed by atoms with E-state index >= 15 is 0 Å². The Morgan fingerprint density at radius 1 is 1.50 bits per heavy atom. The second-order valence-electron chi connectivity index (χ2n) is 5.80. The lowest BCUT2D eigenvalue weighted by atomic mass is 10.1. The Morgan fingerprint density at radius 2 is 2.20 bits per heavy atom. The molecular formula is C13H20N4O2S. The molecule has 0 aromatic carbocycles. The summed E-state index contributed by atoms with van der Waals surface area (Å²) >= 11 is 1.37. The zero-order chi connectivity index (χ0) is 14.2. The van der Waals surface area contributed by atoms with Crippen LogP contribution in [0.2, 0.25) is 0 Å². The van der Waals surface area contributed by atoms with Crippen molar-refractivity contribution in [2.24, 2.45) is 5.41 Å². The number of thiazole rings is 1. The van der Waals surface area contributed by atoms with E-state index in [1.165, 1.54) is 24.2 Å². The van der Waals surface area contributed by atoms with E-state index in [4.69, 9.17) is 10.5 Å². The van der Waals surface area contributed by atoms with Gasteiger partial charge in [0.05, 0.1) is 13.2 Å². The van der Waals surface area contributed by atoms with Crippen molar-refractivity contribution in [2.75, 3.05) is 43.5 Å². The molecule has 1 aromatic rings. The fourth-order valence-electron chi connectivity index (χ4n) is 2.14. The van der Waals surface area contributed by atoms with Crippen LogP contribution in [-0.4, -0.2) is 43.7 Å². The average Bonchev–Trinajstić information content (AvgIpc) is 3.07. The van der Waals surface area contributed by atoms with Gasteiger partial charge < -0.3 is 20.7 Å². The molecule has 2 fully saturated rings. The van der Waals surface area contributed by atoms with Crippen LogP contribution >= 0.6 is 11.3 Å². The molecule has 0 radical (unpaired) electrons. The molecule has 3 rings (SSSR count). The number of anilines is 2. The van der Waals surface area contributed by atoms with Crippen LogP contribution in [0.4, 0.5) is 10.9 Å². The summed E-state index contributed by atoms with van der Waals surface area (Å²) in [5.41, 5.74) is 6.18. The molecule has 0 atom stereocenters. The van der Waals surface area contributed by atoms with Crippen LogP contribution in [0.25, 0.3) is 0 Å². The van der Waals surface area contributed by atoms with Gasteiger partial charge in [-0.05, 0) is 18.3 Å². The third-order valence-electron chi connectivity index (χ3n) is 3.91. The van der Waals surface area contributed by atoms with Gasteiger partial charge in [0.2, 0.25) is 0 Å². The highest BCUT2D eigenvalue weighted by molar-refractivity contribution is 7.18. The van der Waals surface area contributed by atoms with Crippen LogP contribution in [0.3, 0.4) is 0 Å². The summed E-state index contributed by atoms with van der Waals surface area (Å²) in [7, 11) is 0. The molecule has 1 saturated heterocycles. The van der Waals surface area contributed by atoms with Crippen LogP contribution in [0.1, 0.15) is 29.4 Å². The predicted molar refractivity (Wildman–Crippen MR) is 79.2 cm³/mol. The highest BCUT2D eigenvalue weighted by Gasteiger charge is 2.37. The number of aromatic nitrogens is 1. The fourth-order valence-corrected chi connectivity index (χ4v) is 3.09. The molecule has 0 unspecified atom stereocenters. The van der Waals surface area contributed by atoms with E-state index in [-0.39, 0.29) is 5.91 Å². The van der Waals surface area contributed by atoms with E-state index < -0.39 is 0 Å². The van der Waals surface area contributed by atoms with E-state index in [9.17, 15) is 4.79 Å². The van der Waals surface area contributed by atoms with Gasteiger partial charge in [0, 0.05) is 19.6 Å². The highest BCUT2D eigenvalue weighted by atomic mass is 32.1. The van der Waals surface area contributed by atoms with Crippen molar-refractivity contribution >= 4 is 28.2 Å². The quantitative estimate of drug-likeness (QED) is 0.869. The molecule has 2 aliphatic rings. The summed E-state index contributed by atoms with van der Waals surface area (Å²) in [5.74, 6) is 0.225. The van der Waals surface area contributed by atoms with Crippen LogP contribution in [0, 0.1) is 5.41 Å². The third-order valence-corrected chi connectivity index (χ3v) is 5.04. The van der Waals surface area contributed by atoms with Crippen molar-refractivity contribution in [1.82, 2.24) is 10.3 Å². The van der Waals surface area contributed by atoms with Crippen LogP contribution in [0.15, 0.2) is 0 Å². The zero-order valence-electron chi connectivity index (χ0n) is 11.6. The number of nitrogens with two attached hydrogens (primary N) is 1. The van der Waals surface area contributed by atoms with E-state index in [2.05, 4.69) is 22.1 Å². The van der Waals surface area contributed by atoms with Gasteiger partial charge in [-0.3, -0.25) is 4.79 Å². The Hall–Kier alpha value is -1.34. The van der Waals surface area contributed by atoms with Gasteiger partial charge in [-0.25, -0.2) is 4.98 Å². The number of hydrogen-bond acceptors (Lipinski definition) is 6. The lowest BCUT2D eigenvalue weighted by molar-refractivity contribution is 0.0951. The number of morpholine rings is 1. The summed E-state index contributed by atoms with van der Waals surface area (Å²) in [6.45, 7) is 5.88. The average molecular weight is 296 g/mol. The first kappa shape index (κ1) is 13.6. The maximum absolute atomic E-state index is 12.2. The molecule has 1 amide bonds. The minimum Gasteiger partial charge on any atom is -0.382 e. The maximum atomic E-state index is 12.2. The topological polar surface area (TPSA) is 80.5 Å². The van der Waals surface area contributed by atoms with E-state index in [1.54, 1.807) is 0 Å². The van der Waals surface area contributed by atoms with Gasteiger partial charge in [0.15, 0.2) is 5.13 Å². The van der Waals surface area contributed by atoms with Crippen molar-refractivity contribution in [3.05, 3.63) is 4.88 Å². The number of rotatable bonds is 4. The first-order valence-electron chi connectivity index (χ1n) is 6.95. The van der Waals surface area contributed by atoms with Gasteiger partial charge in [0.25, 0.3) is 5.91 Å². The summed E-state index contributed by atoms with van der Waals surface area (Å²) in [5, 5.41) is 3.78. The first-order chi connectivity index (χ1) is 9.57. The van der Waals surface area contributed by atoms with Gasteiger partial charge in [-0.2, -0.15) is 0 Å². The first-order valence-corrected chi connectivity index (χ1v) is 7.76. The molecule has 1 aliphatic heterocycles. The second-order valence-corrected chi connectivity index (χ2v) is 6.78. The number of carbonyl (C=O) groups excluding carboxylic acids is 1. The minimum absolute atomic E-state index is 0.104. The molecule has 0 bridgehead atoms. The van der Waals surface area contributed by atoms with Crippen molar-refractivity contribution in [3.8, 4) is 0 Å². The van der Waals surface area contributed by atoms with Gasteiger partial charge in [-0.1, -0.05) is 18.3 Å². The minimum atomic E-state index is -0.104. The van der Waals surface area contributed by atoms with Gasteiger partial charge in [0.1, 0.15) is 10.7 Å². The molecule has 6 nitrogen and oxygen atoms in total. The normalized spacial score (nSPS) is 20.8. The highest BCUT2D eigenvalue weighted by Crippen LogP contribution is 2.44. The molecule has 2 heterocycles. The number of amides is 1. The van der Waals surface area contributed by atoms with Gasteiger partial charge >= 0.3 is 0 Å². The smallest absolute Gasteiger partial charge is 0.265 e. The zero-order valence-corrected chi connectivity index (χ0v) is 12.5. The third kappa shape index (κ3) is 2.88. The number of nitrogens with zero attached hydrogens (tertiary/aromatic N) is 2. The summed E-state index contributed by atoms with van der Waals surface area (Å²) in [6, 6.07) is 0. The van der Waals surface area contributed by atoms with E-state index in [0.29, 0.717) is 29.3 Å². The van der Waals surface area contributed by atoms with Crippen molar-refractivity contribution in [1.29, 1.82) is 0 Å². The maximum Gasteiger partial charge on any atom is 0.265 e. The molecule has 20 heavy (non-hydrogen) atoms. The monoisotopic (exact) mass is 296 g/mol. The molecule has 1 saturated carbocycles. The Balaban J connectivity index is 1.66. The SMILES string of the molecule is CC1(CNC(=O)c2sc(N3CCOCC3)nc2N)CC1. The van der Waals surface area contributed by atoms with E-state index in [1.807, 2.05) is 0 Å². The van der Waals surface area contributed by atoms with Crippen LogP contribution in [0.5, 0.6) is 0 Å². The number of ether oxygens (including phenoxy) is 1. The predicted octanol–water partition coefficient (Wildman–Crippen LogP) is 1.09. The molecule has 1 aliphatic carbocycles. The largest absolute Gasteiger partial charge is 0.382 e. The van der Waals surface area contributed by atoms with Gasteiger partial charge in [-0.15, -0.1) is 0 Å². The molecule has 1 aromatic heterocycles. The lowest BCUT2D eigenvalue weighted by Crippen LogP contribution is -2.36. The van der Waals surface area contributed by atoms with Crippen LogP contribution < -0.4 is 16.0 Å². The number of hydrogen-bond donors (Lipinski definition) is 2. The Kier molecular flexibility index (Phi) is 3.55. The Labute approximate surface area is 122 Å². The lowest BCUT2D eigenvalue weighted by Gasteiger charge is -2.25. The Bertz CT molecular complexity index is 506. The molecule has 3 N–H and O–H groups in total. The molecular weight excluding hydrogens is 276 g/mol. The number of nitrogen functional groups attached to an aromatic ring is 1. The molecule has 0 spiro atoms. The van der Waals surface area contributed by atoms with E-state index in [0.717, 1.165) is 24.8 Å². The van der Waals surface area contributed by atoms with Crippen molar-refractivity contribution < 1.29 is 9.53 Å². The number of carbonyl (C=O) groups is 1. The standard InChI is InChI=1S/C13H20N4O2S/c1-13(2-3-13)8-15-11(18)9-10(14)16-12(20-9)17-4-6-19-7-5-17/h2-8,14H2,1H3,(H,15,18). The second kappa shape index (κ2) is 5.21. The van der Waals surface area contributed by atoms with Crippen molar-refractivity contribution in [3.63, 3.8) is 0 Å². The molecule has 7 heteroatoms. The number of nitrogens with one attached hydrogen (secondary N) is 1. The fraction of sp³-hybridized carbons (Fsp3) is 0.692. The summed E-state index contributed by atoms with van der Waals surface area (Å²) in [4.78, 5) is 19.1. The summed E-state index contributed by atoms with van der Waals surface area (Å²) in [6.07, 6.45) is 2.37. The van der Waals surface area contributed by atoms with Crippen LogP contribution in [-0.2, 0) is 4.74 Å². The Morgan fingerprint density at radius 3 is 2.85 bits per heavy atom. The van der Waals surface area contributed by atoms with Crippen molar-refractivity contribution in [2.45, 2.75) is 19.8 Å².